The van der Waals surface area contributed by atoms with E-state index in [4.69, 9.17) is 0 Å². The smallest absolute Gasteiger partial charge is 0.305 e. The van der Waals surface area contributed by atoms with Crippen molar-refractivity contribution in [2.45, 2.75) is 13.0 Å². The fraction of sp³-hybridized carbons (Fsp3) is 0.333. The van der Waals surface area contributed by atoms with E-state index >= 15 is 0 Å². The van der Waals surface area contributed by atoms with Gasteiger partial charge >= 0.3 is 5.69 Å². The third kappa shape index (κ3) is 2.05. The Kier molecular flexibility index (Phi) is 3.14. The molecular weight excluding hydrogens is 187 g/mol. The zero-order valence-electron chi connectivity index (χ0n) is 7.95. The van der Waals surface area contributed by atoms with Crippen LogP contribution < -0.4 is 5.32 Å². The predicted octanol–water partition coefficient (Wildman–Crippen LogP) is 2.01. The van der Waals surface area contributed by atoms with Gasteiger partial charge in [0.25, 0.3) is 0 Å². The van der Waals surface area contributed by atoms with Crippen molar-refractivity contribution in [3.8, 4) is 0 Å². The first-order chi connectivity index (χ1) is 6.56. The summed E-state index contributed by atoms with van der Waals surface area (Å²) >= 11 is 0. The van der Waals surface area contributed by atoms with Gasteiger partial charge in [0.15, 0.2) is 0 Å². The standard InChI is InChI=1S/C9H11FN2O2/c1-6(11-2)7-3-4-8(10)9(5-7)12(13)14/h3-6,11H,1-2H3/t6-/m1/s1. The van der Waals surface area contributed by atoms with E-state index in [-0.39, 0.29) is 6.04 Å². The molecule has 0 amide bonds. The number of rotatable bonds is 3. The van der Waals surface area contributed by atoms with Crippen LogP contribution in [0, 0.1) is 15.9 Å². The maximum atomic E-state index is 12.9. The van der Waals surface area contributed by atoms with Gasteiger partial charge in [0.1, 0.15) is 0 Å². The van der Waals surface area contributed by atoms with Crippen molar-refractivity contribution in [1.82, 2.24) is 5.32 Å². The molecule has 1 aromatic rings. The minimum Gasteiger partial charge on any atom is -0.313 e. The fourth-order valence-electron chi connectivity index (χ4n) is 1.11. The number of benzene rings is 1. The first kappa shape index (κ1) is 10.6. The van der Waals surface area contributed by atoms with Gasteiger partial charge in [0.05, 0.1) is 4.92 Å². The third-order valence-corrected chi connectivity index (χ3v) is 2.10. The molecule has 0 fully saturated rings. The van der Waals surface area contributed by atoms with Crippen molar-refractivity contribution in [3.05, 3.63) is 39.7 Å². The SMILES string of the molecule is CN[C@H](C)c1ccc(F)c([N+](=O)[O-])c1. The number of nitro groups is 1. The van der Waals surface area contributed by atoms with Gasteiger partial charge in [-0.3, -0.25) is 10.1 Å². The molecule has 1 aromatic carbocycles. The van der Waals surface area contributed by atoms with E-state index in [9.17, 15) is 14.5 Å². The summed E-state index contributed by atoms with van der Waals surface area (Å²) in [6.45, 7) is 1.84. The van der Waals surface area contributed by atoms with Crippen LogP contribution >= 0.6 is 0 Å². The second kappa shape index (κ2) is 4.15. The first-order valence-corrected chi connectivity index (χ1v) is 4.17. The monoisotopic (exact) mass is 198 g/mol. The molecule has 5 heteroatoms. The highest BCUT2D eigenvalue weighted by molar-refractivity contribution is 5.37. The van der Waals surface area contributed by atoms with Crippen LogP contribution in [0.25, 0.3) is 0 Å². The summed E-state index contributed by atoms with van der Waals surface area (Å²) in [4.78, 5) is 9.71. The van der Waals surface area contributed by atoms with Gasteiger partial charge in [0, 0.05) is 12.1 Å². The van der Waals surface area contributed by atoms with E-state index in [0.717, 1.165) is 6.07 Å². The normalized spacial score (nSPS) is 12.5. The van der Waals surface area contributed by atoms with Crippen LogP contribution in [0.2, 0.25) is 0 Å². The Labute approximate surface area is 80.9 Å². The molecule has 1 N–H and O–H groups in total. The lowest BCUT2D eigenvalue weighted by molar-refractivity contribution is -0.387. The number of hydrogen-bond acceptors (Lipinski definition) is 3. The molecule has 0 radical (unpaired) electrons. The second-order valence-electron chi connectivity index (χ2n) is 2.98. The molecule has 1 atom stereocenters. The van der Waals surface area contributed by atoms with Crippen molar-refractivity contribution in [1.29, 1.82) is 0 Å². The largest absolute Gasteiger partial charge is 0.313 e. The van der Waals surface area contributed by atoms with Crippen molar-refractivity contribution >= 4 is 5.69 Å². The van der Waals surface area contributed by atoms with E-state index in [2.05, 4.69) is 5.32 Å². The predicted molar refractivity (Wildman–Crippen MR) is 50.5 cm³/mol. The molecule has 4 nitrogen and oxygen atoms in total. The van der Waals surface area contributed by atoms with Gasteiger partial charge in [0.2, 0.25) is 5.82 Å². The van der Waals surface area contributed by atoms with Crippen LogP contribution in [0.5, 0.6) is 0 Å². The third-order valence-electron chi connectivity index (χ3n) is 2.10. The molecule has 0 aromatic heterocycles. The zero-order chi connectivity index (χ0) is 10.7. The molecule has 0 bridgehead atoms. The molecule has 0 unspecified atom stereocenters. The number of nitrogens with zero attached hydrogens (tertiary/aromatic N) is 1. The van der Waals surface area contributed by atoms with Gasteiger partial charge in [-0.15, -0.1) is 0 Å². The Hall–Kier alpha value is -1.49. The Morgan fingerprint density at radius 3 is 2.71 bits per heavy atom. The molecule has 1 rings (SSSR count). The Morgan fingerprint density at radius 2 is 2.21 bits per heavy atom. The summed E-state index contributed by atoms with van der Waals surface area (Å²) in [5, 5.41) is 13.4. The second-order valence-corrected chi connectivity index (χ2v) is 2.98. The molecule has 0 aliphatic heterocycles. The van der Waals surface area contributed by atoms with E-state index in [0.29, 0.717) is 5.56 Å². The van der Waals surface area contributed by atoms with Crippen molar-refractivity contribution in [3.63, 3.8) is 0 Å². The first-order valence-electron chi connectivity index (χ1n) is 4.17. The maximum Gasteiger partial charge on any atom is 0.305 e. The van der Waals surface area contributed by atoms with Crippen molar-refractivity contribution in [2.24, 2.45) is 0 Å². The van der Waals surface area contributed by atoms with Crippen LogP contribution in [0.4, 0.5) is 10.1 Å². The summed E-state index contributed by atoms with van der Waals surface area (Å²) < 4.78 is 12.9. The Balaban J connectivity index is 3.12. The Morgan fingerprint density at radius 1 is 1.57 bits per heavy atom. The van der Waals surface area contributed by atoms with Crippen LogP contribution in [0.15, 0.2) is 18.2 Å². The zero-order valence-corrected chi connectivity index (χ0v) is 7.95. The van der Waals surface area contributed by atoms with E-state index in [1.54, 1.807) is 7.05 Å². The van der Waals surface area contributed by atoms with Gasteiger partial charge < -0.3 is 5.32 Å². The number of nitrogens with one attached hydrogen (secondary N) is 1. The summed E-state index contributed by atoms with van der Waals surface area (Å²) in [6.07, 6.45) is 0. The summed E-state index contributed by atoms with van der Waals surface area (Å²) in [5.41, 5.74) is 0.213. The topological polar surface area (TPSA) is 55.2 Å². The van der Waals surface area contributed by atoms with Crippen LogP contribution in [0.1, 0.15) is 18.5 Å². The molecule has 0 aliphatic carbocycles. The maximum absolute atomic E-state index is 12.9. The summed E-state index contributed by atoms with van der Waals surface area (Å²) in [6, 6.07) is 3.86. The highest BCUT2D eigenvalue weighted by atomic mass is 19.1. The average Bonchev–Trinajstić information content (AvgIpc) is 2.17. The number of halogens is 1. The van der Waals surface area contributed by atoms with Gasteiger partial charge in [-0.1, -0.05) is 6.07 Å². The van der Waals surface area contributed by atoms with Crippen molar-refractivity contribution < 1.29 is 9.31 Å². The van der Waals surface area contributed by atoms with Gasteiger partial charge in [-0.2, -0.15) is 4.39 Å². The highest BCUT2D eigenvalue weighted by Gasteiger charge is 2.15. The average molecular weight is 198 g/mol. The lowest BCUT2D eigenvalue weighted by atomic mass is 10.1. The minimum absolute atomic E-state index is 0.0331. The molecule has 14 heavy (non-hydrogen) atoms. The highest BCUT2D eigenvalue weighted by Crippen LogP contribution is 2.22. The van der Waals surface area contributed by atoms with Gasteiger partial charge in [-0.25, -0.2) is 0 Å². The molecule has 76 valence electrons. The number of hydrogen-bond donors (Lipinski definition) is 1. The van der Waals surface area contributed by atoms with E-state index < -0.39 is 16.4 Å². The van der Waals surface area contributed by atoms with Gasteiger partial charge in [-0.05, 0) is 25.6 Å². The molecular formula is C9H11FN2O2. The lowest BCUT2D eigenvalue weighted by Gasteiger charge is -2.09. The van der Waals surface area contributed by atoms with Crippen LogP contribution in [0.3, 0.4) is 0 Å². The fourth-order valence-corrected chi connectivity index (χ4v) is 1.11. The molecule has 0 saturated heterocycles. The molecule has 0 heterocycles. The lowest BCUT2D eigenvalue weighted by Crippen LogP contribution is -2.12. The van der Waals surface area contributed by atoms with Crippen LogP contribution in [-0.2, 0) is 0 Å². The summed E-state index contributed by atoms with van der Waals surface area (Å²) in [5.74, 6) is -0.804. The van der Waals surface area contributed by atoms with Crippen molar-refractivity contribution in [2.75, 3.05) is 7.05 Å². The van der Waals surface area contributed by atoms with E-state index in [1.165, 1.54) is 12.1 Å². The molecule has 0 spiro atoms. The molecule has 0 aliphatic rings. The quantitative estimate of drug-likeness (QED) is 0.597. The molecule has 0 saturated carbocycles. The minimum atomic E-state index is -0.804. The van der Waals surface area contributed by atoms with Crippen LogP contribution in [-0.4, -0.2) is 12.0 Å². The number of nitro benzene ring substituents is 1. The summed E-state index contributed by atoms with van der Waals surface area (Å²) in [7, 11) is 1.74. The van der Waals surface area contributed by atoms with E-state index in [1.807, 2.05) is 6.92 Å². The Bertz CT molecular complexity index is 355.